The number of alkyl halides is 2. The molecule has 0 amide bonds. The third-order valence-corrected chi connectivity index (χ3v) is 5.68. The first-order chi connectivity index (χ1) is 13.8. The predicted octanol–water partition coefficient (Wildman–Crippen LogP) is 4.73. The first kappa shape index (κ1) is 19.8. The molecule has 1 fully saturated rings. The Morgan fingerprint density at radius 2 is 2.10 bits per heavy atom. The van der Waals surface area contributed by atoms with Crippen molar-refractivity contribution in [3.8, 4) is 11.6 Å². The Bertz CT molecular complexity index is 1080. The number of benzene rings is 1. The zero-order chi connectivity index (χ0) is 20.8. The van der Waals surface area contributed by atoms with E-state index >= 15 is 0 Å². The van der Waals surface area contributed by atoms with Gasteiger partial charge in [-0.2, -0.15) is 10.1 Å². The lowest BCUT2D eigenvalue weighted by molar-refractivity contribution is -0.137. The number of aliphatic carboxylic acids is 1. The van der Waals surface area contributed by atoms with E-state index in [1.807, 2.05) is 6.07 Å². The Hall–Kier alpha value is -2.52. The monoisotopic (exact) mass is 442 g/mol. The maximum Gasteiger partial charge on any atom is 0.305 e. The topological polar surface area (TPSA) is 94.0 Å². The average Bonchev–Trinajstić information content (AvgIpc) is 3.13. The number of aromatic nitrogens is 4. The van der Waals surface area contributed by atoms with Crippen LogP contribution in [0.25, 0.3) is 11.6 Å². The molecule has 152 valence electrons. The number of carbonyl (C=O) groups is 1. The third-order valence-electron chi connectivity index (χ3n) is 4.86. The number of halogens is 4. The summed E-state index contributed by atoms with van der Waals surface area (Å²) in [4.78, 5) is 15.1. The highest BCUT2D eigenvalue weighted by Gasteiger charge is 2.51. The molecule has 2 aromatic heterocycles. The molecular weight excluding hydrogens is 429 g/mol. The molecule has 0 atom stereocenters. The van der Waals surface area contributed by atoms with Crippen LogP contribution in [-0.2, 0) is 16.8 Å². The number of carboxylic acid groups (broad SMARTS) is 1. The van der Waals surface area contributed by atoms with Crippen LogP contribution < -0.4 is 0 Å². The summed E-state index contributed by atoms with van der Waals surface area (Å²) in [6.45, 7) is -0.196. The molecule has 0 spiro atoms. The molecule has 1 saturated carbocycles. The zero-order valence-electron chi connectivity index (χ0n) is 14.8. The number of carboxylic acids is 1. The molecule has 0 unspecified atom stereocenters. The predicted molar refractivity (Wildman–Crippen MR) is 99.2 cm³/mol. The number of hydrogen-bond acceptors (Lipinski definition) is 5. The van der Waals surface area contributed by atoms with Crippen molar-refractivity contribution in [1.29, 1.82) is 0 Å². The second kappa shape index (κ2) is 7.38. The number of nitrogens with zero attached hydrogens (tertiary/aromatic N) is 4. The van der Waals surface area contributed by atoms with Gasteiger partial charge in [0.25, 0.3) is 12.3 Å². The van der Waals surface area contributed by atoms with Crippen LogP contribution in [0.2, 0.25) is 10.0 Å². The normalized spacial score (nSPS) is 15.1. The van der Waals surface area contributed by atoms with Gasteiger partial charge in [0.1, 0.15) is 5.69 Å². The summed E-state index contributed by atoms with van der Waals surface area (Å²) in [7, 11) is 0. The Labute approximate surface area is 173 Å². The minimum atomic E-state index is -2.83. The summed E-state index contributed by atoms with van der Waals surface area (Å²) in [5.41, 5.74) is -0.127. The molecule has 3 aromatic rings. The molecule has 1 N–H and O–H groups in total. The quantitative estimate of drug-likeness (QED) is 0.568. The largest absolute Gasteiger partial charge is 0.481 e. The number of rotatable bonds is 7. The number of aryl methyl sites for hydroxylation is 1. The Morgan fingerprint density at radius 3 is 2.76 bits per heavy atom. The van der Waals surface area contributed by atoms with Crippen molar-refractivity contribution in [3.63, 3.8) is 0 Å². The third kappa shape index (κ3) is 3.60. The Morgan fingerprint density at radius 1 is 1.34 bits per heavy atom. The van der Waals surface area contributed by atoms with Crippen molar-refractivity contribution < 1.29 is 23.2 Å². The van der Waals surface area contributed by atoms with Gasteiger partial charge in [0.05, 0.1) is 28.4 Å². The van der Waals surface area contributed by atoms with Crippen molar-refractivity contribution in [2.24, 2.45) is 0 Å². The standard InChI is InChI=1S/C18H14Cl2F2N4O3/c19-10-3-1-2-9(14(10)20)18(5-6-18)17-23-16(29-25-17)11-8-12(15(21)22)26(24-11)7-4-13(27)28/h1-3,8,15H,4-7H2,(H,27,28). The molecule has 0 aliphatic heterocycles. The van der Waals surface area contributed by atoms with E-state index in [1.165, 1.54) is 0 Å². The summed E-state index contributed by atoms with van der Waals surface area (Å²) in [6.07, 6.45) is -1.69. The maximum atomic E-state index is 13.3. The maximum absolute atomic E-state index is 13.3. The fourth-order valence-corrected chi connectivity index (χ4v) is 3.71. The van der Waals surface area contributed by atoms with Gasteiger partial charge >= 0.3 is 5.97 Å². The van der Waals surface area contributed by atoms with Crippen LogP contribution in [0.5, 0.6) is 0 Å². The highest BCUT2D eigenvalue weighted by atomic mass is 35.5. The van der Waals surface area contributed by atoms with Crippen LogP contribution in [0.3, 0.4) is 0 Å². The van der Waals surface area contributed by atoms with E-state index in [0.29, 0.717) is 15.9 Å². The SMILES string of the molecule is O=C(O)CCn1nc(-c2nc(C3(c4cccc(Cl)c4Cl)CC3)no2)cc1C(F)F. The molecule has 4 rings (SSSR count). The Balaban J connectivity index is 1.67. The lowest BCUT2D eigenvalue weighted by Gasteiger charge is -2.13. The van der Waals surface area contributed by atoms with Crippen molar-refractivity contribution >= 4 is 29.2 Å². The van der Waals surface area contributed by atoms with Gasteiger partial charge in [-0.3, -0.25) is 9.48 Å². The molecule has 0 radical (unpaired) electrons. The first-order valence-electron chi connectivity index (χ1n) is 8.68. The van der Waals surface area contributed by atoms with E-state index < -0.39 is 23.5 Å². The molecule has 1 aliphatic rings. The van der Waals surface area contributed by atoms with E-state index in [1.54, 1.807) is 12.1 Å². The van der Waals surface area contributed by atoms with Gasteiger partial charge < -0.3 is 9.63 Å². The summed E-state index contributed by atoms with van der Waals surface area (Å²) < 4.78 is 32.8. The molecule has 0 bridgehead atoms. The smallest absolute Gasteiger partial charge is 0.305 e. The molecule has 1 aromatic carbocycles. The fraction of sp³-hybridized carbons (Fsp3) is 0.333. The van der Waals surface area contributed by atoms with E-state index in [2.05, 4.69) is 15.2 Å². The van der Waals surface area contributed by atoms with Gasteiger partial charge in [0.15, 0.2) is 11.5 Å². The van der Waals surface area contributed by atoms with E-state index in [9.17, 15) is 13.6 Å². The highest BCUT2D eigenvalue weighted by molar-refractivity contribution is 6.42. The summed E-state index contributed by atoms with van der Waals surface area (Å²) in [6, 6.07) is 6.42. The lowest BCUT2D eigenvalue weighted by Crippen LogP contribution is -2.11. The van der Waals surface area contributed by atoms with Crippen molar-refractivity contribution in [1.82, 2.24) is 19.9 Å². The van der Waals surface area contributed by atoms with Crippen LogP contribution in [0.1, 0.15) is 42.8 Å². The second-order valence-corrected chi connectivity index (χ2v) is 7.51. The Kier molecular flexibility index (Phi) is 5.04. The molecule has 2 heterocycles. The van der Waals surface area contributed by atoms with Gasteiger partial charge in [0.2, 0.25) is 0 Å². The molecular formula is C18H14Cl2F2N4O3. The molecule has 0 saturated heterocycles. The van der Waals surface area contributed by atoms with Crippen molar-refractivity contribution in [2.45, 2.75) is 37.6 Å². The number of hydrogen-bond donors (Lipinski definition) is 1. The second-order valence-electron chi connectivity index (χ2n) is 6.73. The summed E-state index contributed by atoms with van der Waals surface area (Å²) >= 11 is 12.5. The first-order valence-corrected chi connectivity index (χ1v) is 9.44. The summed E-state index contributed by atoms with van der Waals surface area (Å²) in [5.74, 6) is -0.771. The van der Waals surface area contributed by atoms with Crippen molar-refractivity contribution in [2.75, 3.05) is 0 Å². The van der Waals surface area contributed by atoms with Gasteiger partial charge in [-0.05, 0) is 30.5 Å². The van der Waals surface area contributed by atoms with Crippen LogP contribution in [0.15, 0.2) is 28.8 Å². The van der Waals surface area contributed by atoms with Gasteiger partial charge in [-0.1, -0.05) is 40.5 Å². The van der Waals surface area contributed by atoms with Crippen LogP contribution >= 0.6 is 23.2 Å². The minimum Gasteiger partial charge on any atom is -0.481 e. The summed E-state index contributed by atoms with van der Waals surface area (Å²) in [5, 5.41) is 17.7. The van der Waals surface area contributed by atoms with Crippen molar-refractivity contribution in [3.05, 3.63) is 51.4 Å². The zero-order valence-corrected chi connectivity index (χ0v) is 16.3. The van der Waals surface area contributed by atoms with E-state index in [0.717, 1.165) is 29.2 Å². The minimum absolute atomic E-state index is 0.0274. The van der Waals surface area contributed by atoms with Gasteiger partial charge in [0, 0.05) is 0 Å². The molecule has 11 heteroatoms. The van der Waals surface area contributed by atoms with Crippen LogP contribution in [-0.4, -0.2) is 31.0 Å². The molecule has 7 nitrogen and oxygen atoms in total. The highest BCUT2D eigenvalue weighted by Crippen LogP contribution is 2.55. The molecule has 29 heavy (non-hydrogen) atoms. The van der Waals surface area contributed by atoms with Gasteiger partial charge in [-0.25, -0.2) is 8.78 Å². The van der Waals surface area contributed by atoms with Crippen LogP contribution in [0.4, 0.5) is 8.78 Å². The van der Waals surface area contributed by atoms with E-state index in [-0.39, 0.29) is 24.6 Å². The van der Waals surface area contributed by atoms with Crippen LogP contribution in [0, 0.1) is 0 Å². The lowest BCUT2D eigenvalue weighted by atomic mass is 9.95. The average molecular weight is 443 g/mol. The van der Waals surface area contributed by atoms with Gasteiger partial charge in [-0.15, -0.1) is 0 Å². The molecule has 1 aliphatic carbocycles. The fourth-order valence-electron chi connectivity index (χ4n) is 3.23. The van der Waals surface area contributed by atoms with E-state index in [4.69, 9.17) is 32.8 Å².